The number of allylic oxidation sites excluding steroid dienone is 4. The maximum atomic E-state index is 11.5. The minimum absolute atomic E-state index is 0.0988. The molecule has 186 valence electrons. The molecule has 0 saturated carbocycles. The molecule has 0 amide bonds. The summed E-state index contributed by atoms with van der Waals surface area (Å²) in [4.78, 5) is 12.2. The zero-order valence-electron chi connectivity index (χ0n) is 21.7. The molecule has 2 rings (SSSR count). The maximum Gasteiger partial charge on any atom is 0.208 e. The van der Waals surface area contributed by atoms with Gasteiger partial charge < -0.3 is 15.0 Å². The highest BCUT2D eigenvalue weighted by Gasteiger charge is 2.34. The Kier molecular flexibility index (Phi) is 9.78. The summed E-state index contributed by atoms with van der Waals surface area (Å²) in [5, 5.41) is 22.3. The van der Waals surface area contributed by atoms with E-state index in [-0.39, 0.29) is 34.5 Å². The second-order valence-corrected chi connectivity index (χ2v) is 12.4. The molecule has 1 aliphatic carbocycles. The number of aromatic nitrogens is 1. The van der Waals surface area contributed by atoms with Gasteiger partial charge in [-0.25, -0.2) is 0 Å². The van der Waals surface area contributed by atoms with E-state index in [4.69, 9.17) is 0 Å². The van der Waals surface area contributed by atoms with Crippen LogP contribution in [0, 0.1) is 16.7 Å². The van der Waals surface area contributed by atoms with Crippen molar-refractivity contribution in [2.75, 3.05) is 0 Å². The minimum Gasteiger partial charge on any atom is -0.494 e. The molecule has 0 aromatic carbocycles. The lowest BCUT2D eigenvalue weighted by Crippen LogP contribution is -2.27. The molecule has 0 saturated heterocycles. The van der Waals surface area contributed by atoms with Crippen LogP contribution in [0.25, 0.3) is 0 Å². The number of carbonyl (C=O) groups is 1. The zero-order chi connectivity index (χ0) is 24.8. The van der Waals surface area contributed by atoms with E-state index in [1.807, 2.05) is 13.8 Å². The number of aldehydes is 1. The number of rotatable bonds is 13. The first-order valence-corrected chi connectivity index (χ1v) is 13.5. The van der Waals surface area contributed by atoms with Crippen molar-refractivity contribution in [3.05, 3.63) is 29.9 Å². The number of thioether (sulfide) groups is 1. The van der Waals surface area contributed by atoms with Crippen molar-refractivity contribution >= 4 is 18.0 Å². The zero-order valence-corrected chi connectivity index (χ0v) is 22.5. The molecule has 0 radical (unpaired) electrons. The van der Waals surface area contributed by atoms with Crippen LogP contribution in [0.4, 0.5) is 0 Å². The summed E-state index contributed by atoms with van der Waals surface area (Å²) in [7, 11) is 0. The largest absolute Gasteiger partial charge is 0.494 e. The van der Waals surface area contributed by atoms with Gasteiger partial charge in [-0.15, -0.1) is 11.8 Å². The van der Waals surface area contributed by atoms with Gasteiger partial charge >= 0.3 is 0 Å². The minimum atomic E-state index is -0.381. The summed E-state index contributed by atoms with van der Waals surface area (Å²) < 4.78 is 1.66. The smallest absolute Gasteiger partial charge is 0.208 e. The van der Waals surface area contributed by atoms with E-state index >= 15 is 0 Å². The number of nitrogens with zero attached hydrogens (tertiary/aromatic N) is 1. The van der Waals surface area contributed by atoms with E-state index in [2.05, 4.69) is 52.8 Å². The Balaban J connectivity index is 2.21. The third-order valence-electron chi connectivity index (χ3n) is 6.74. The quantitative estimate of drug-likeness (QED) is 0.172. The van der Waals surface area contributed by atoms with Crippen LogP contribution in [0.5, 0.6) is 11.8 Å². The monoisotopic (exact) mass is 475 g/mol. The highest BCUT2D eigenvalue weighted by molar-refractivity contribution is 8.00. The van der Waals surface area contributed by atoms with Gasteiger partial charge in [0.15, 0.2) is 5.88 Å². The molecule has 1 aliphatic rings. The van der Waals surface area contributed by atoms with Crippen LogP contribution in [0.3, 0.4) is 0 Å². The van der Waals surface area contributed by atoms with Crippen molar-refractivity contribution in [1.82, 2.24) is 4.57 Å². The lowest BCUT2D eigenvalue weighted by Gasteiger charge is -2.36. The fraction of sp³-hybridized carbons (Fsp3) is 0.679. The topological polar surface area (TPSA) is 62.5 Å². The van der Waals surface area contributed by atoms with E-state index in [9.17, 15) is 15.0 Å². The van der Waals surface area contributed by atoms with Gasteiger partial charge in [0.05, 0.1) is 10.9 Å². The summed E-state index contributed by atoms with van der Waals surface area (Å²) >= 11 is 1.70. The first kappa shape index (κ1) is 27.6. The van der Waals surface area contributed by atoms with Crippen LogP contribution in [0.1, 0.15) is 99.5 Å². The van der Waals surface area contributed by atoms with Crippen LogP contribution in [0.15, 0.2) is 34.8 Å². The second kappa shape index (κ2) is 11.7. The Morgan fingerprint density at radius 3 is 2.39 bits per heavy atom. The van der Waals surface area contributed by atoms with Crippen LogP contribution in [0.2, 0.25) is 0 Å². The maximum absolute atomic E-state index is 11.5. The van der Waals surface area contributed by atoms with Crippen molar-refractivity contribution in [3.8, 4) is 11.8 Å². The molecule has 1 heterocycles. The molecule has 4 nitrogen and oxygen atoms in total. The average Bonchev–Trinajstić information content (AvgIpc) is 3.00. The first-order valence-electron chi connectivity index (χ1n) is 12.6. The molecule has 33 heavy (non-hydrogen) atoms. The summed E-state index contributed by atoms with van der Waals surface area (Å²) in [5.74, 6) is 0.369. The number of hydrogen-bond acceptors (Lipinski definition) is 4. The van der Waals surface area contributed by atoms with E-state index in [0.29, 0.717) is 5.25 Å². The van der Waals surface area contributed by atoms with Gasteiger partial charge in [-0.2, -0.15) is 0 Å². The molecular formula is C28H45NO3S. The molecule has 3 unspecified atom stereocenters. The molecule has 5 heteroatoms. The molecular weight excluding hydrogens is 430 g/mol. The second-order valence-electron chi connectivity index (χ2n) is 11.1. The Hall–Kier alpha value is -1.62. The van der Waals surface area contributed by atoms with E-state index in [1.54, 1.807) is 22.4 Å². The summed E-state index contributed by atoms with van der Waals surface area (Å²) in [6, 6.07) is 1.57. The number of unbranched alkanes of at least 4 members (excludes halogenated alkanes) is 2. The summed E-state index contributed by atoms with van der Waals surface area (Å²) in [6.07, 6.45) is 15.2. The van der Waals surface area contributed by atoms with Gasteiger partial charge in [-0.1, -0.05) is 92.4 Å². The van der Waals surface area contributed by atoms with Crippen molar-refractivity contribution < 1.29 is 15.0 Å². The number of carbonyl (C=O) groups excluding carboxylic acids is 1. The van der Waals surface area contributed by atoms with Gasteiger partial charge in [-0.05, 0) is 36.2 Å². The van der Waals surface area contributed by atoms with Gasteiger partial charge in [-0.3, -0.25) is 4.57 Å². The van der Waals surface area contributed by atoms with Gasteiger partial charge in [0.25, 0.3) is 0 Å². The third kappa shape index (κ3) is 7.18. The van der Waals surface area contributed by atoms with Crippen molar-refractivity contribution in [2.45, 2.75) is 110 Å². The predicted molar refractivity (Wildman–Crippen MR) is 140 cm³/mol. The Bertz CT molecular complexity index is 850. The van der Waals surface area contributed by atoms with Crippen molar-refractivity contribution in [2.24, 2.45) is 16.7 Å². The highest BCUT2D eigenvalue weighted by atomic mass is 32.2. The SMILES string of the molecule is CCCCCC(CCC)Sc1cc(O)n(C2C=CC(C(C)(C)CC(C)(C)C=O)=CC2C)c1O. The average molecular weight is 476 g/mol. The van der Waals surface area contributed by atoms with E-state index in [1.165, 1.54) is 24.8 Å². The Labute approximate surface area is 205 Å². The number of hydrogen-bond donors (Lipinski definition) is 2. The Morgan fingerprint density at radius 1 is 1.12 bits per heavy atom. The van der Waals surface area contributed by atoms with Gasteiger partial charge in [0.2, 0.25) is 5.88 Å². The van der Waals surface area contributed by atoms with E-state index < -0.39 is 0 Å². The van der Waals surface area contributed by atoms with Crippen LogP contribution >= 0.6 is 11.8 Å². The summed E-state index contributed by atoms with van der Waals surface area (Å²) in [6.45, 7) is 14.8. The lowest BCUT2D eigenvalue weighted by molar-refractivity contribution is -0.115. The molecule has 1 aromatic rings. The fourth-order valence-electron chi connectivity index (χ4n) is 5.12. The fourth-order valence-corrected chi connectivity index (χ4v) is 6.49. The van der Waals surface area contributed by atoms with Crippen LogP contribution < -0.4 is 0 Å². The predicted octanol–water partition coefficient (Wildman–Crippen LogP) is 8.06. The first-order chi connectivity index (χ1) is 15.5. The molecule has 2 N–H and O–H groups in total. The molecule has 0 aliphatic heterocycles. The highest BCUT2D eigenvalue weighted by Crippen LogP contribution is 2.46. The molecule has 0 spiro atoms. The van der Waals surface area contributed by atoms with E-state index in [0.717, 1.165) is 36.9 Å². The standard InChI is InChI=1S/C28H45NO3S/c1-8-10-11-13-22(12-9-2)33-24-17-25(31)29(26(24)32)23-15-14-21(16-20(23)3)28(6,7)18-27(4,5)19-30/h14-17,19-20,22-23,31-32H,8-13,18H2,1-7H3. The van der Waals surface area contributed by atoms with Gasteiger partial charge in [0, 0.05) is 16.7 Å². The number of aromatic hydroxyl groups is 2. The van der Waals surface area contributed by atoms with Crippen LogP contribution in [-0.2, 0) is 4.79 Å². The van der Waals surface area contributed by atoms with Crippen molar-refractivity contribution in [1.29, 1.82) is 0 Å². The third-order valence-corrected chi connectivity index (χ3v) is 8.10. The van der Waals surface area contributed by atoms with Crippen molar-refractivity contribution in [3.63, 3.8) is 0 Å². The Morgan fingerprint density at radius 2 is 1.82 bits per heavy atom. The normalized spacial score (nSPS) is 20.0. The molecule has 3 atom stereocenters. The van der Waals surface area contributed by atoms with Crippen LogP contribution in [-0.4, -0.2) is 26.3 Å². The molecule has 0 fully saturated rings. The summed E-state index contributed by atoms with van der Waals surface area (Å²) in [5.41, 5.74) is 0.669. The lowest BCUT2D eigenvalue weighted by atomic mass is 9.69. The molecule has 0 bridgehead atoms. The van der Waals surface area contributed by atoms with Gasteiger partial charge in [0.1, 0.15) is 6.29 Å². The molecule has 1 aromatic heterocycles.